The molecule has 0 saturated carbocycles. The lowest BCUT2D eigenvalue weighted by Crippen LogP contribution is -2.42. The second-order valence-electron chi connectivity index (χ2n) is 3.60. The van der Waals surface area contributed by atoms with E-state index in [9.17, 15) is 4.79 Å². The zero-order chi connectivity index (χ0) is 13.3. The van der Waals surface area contributed by atoms with Gasteiger partial charge >= 0.3 is 0 Å². The van der Waals surface area contributed by atoms with E-state index in [0.29, 0.717) is 12.7 Å². The third-order valence-corrected chi connectivity index (χ3v) is 2.11. The molecule has 0 unspecified atom stereocenters. The number of hydrogen-bond acceptors (Lipinski definition) is 4. The molecular formula is C10H20N6O. The van der Waals surface area contributed by atoms with Crippen molar-refractivity contribution in [1.29, 1.82) is 10.8 Å². The highest BCUT2D eigenvalue weighted by Gasteiger charge is 2.10. The first kappa shape index (κ1) is 15.1. The van der Waals surface area contributed by atoms with Gasteiger partial charge in [0.05, 0.1) is 0 Å². The molecule has 6 N–H and O–H groups in total. The fraction of sp³-hybridized carbons (Fsp3) is 0.600. The number of unbranched alkanes of at least 4 members (excludes halogenated alkanes) is 3. The van der Waals surface area contributed by atoms with Crippen LogP contribution in [0.4, 0.5) is 0 Å². The molecule has 0 aliphatic carbocycles. The third-order valence-electron chi connectivity index (χ3n) is 2.11. The topological polar surface area (TPSA) is 132 Å². The number of rotatable bonds is 7. The molecule has 0 saturated heterocycles. The molecule has 0 rings (SSSR count). The van der Waals surface area contributed by atoms with E-state index in [4.69, 9.17) is 22.3 Å². The first-order valence-electron chi connectivity index (χ1n) is 5.53. The third kappa shape index (κ3) is 6.29. The van der Waals surface area contributed by atoms with E-state index in [1.807, 2.05) is 0 Å². The molecular weight excluding hydrogens is 220 g/mol. The fourth-order valence-corrected chi connectivity index (χ4v) is 1.23. The molecule has 0 spiro atoms. The molecule has 0 radical (unpaired) electrons. The van der Waals surface area contributed by atoms with Crippen LogP contribution in [0.3, 0.4) is 0 Å². The molecule has 7 nitrogen and oxygen atoms in total. The van der Waals surface area contributed by atoms with E-state index in [1.54, 1.807) is 0 Å². The average Bonchev–Trinajstić information content (AvgIpc) is 2.27. The summed E-state index contributed by atoms with van der Waals surface area (Å²) in [6.07, 6.45) is 5.18. The maximum Gasteiger partial charge on any atom is 0.216 e. The summed E-state index contributed by atoms with van der Waals surface area (Å²) in [5, 5.41) is 18.8. The molecule has 17 heavy (non-hydrogen) atoms. The molecule has 7 heteroatoms. The molecule has 0 aromatic heterocycles. The normalized spacial score (nSPS) is 11.0. The van der Waals surface area contributed by atoms with Crippen LogP contribution in [-0.4, -0.2) is 28.9 Å². The number of nitrogens with two attached hydrogens (primary N) is 2. The van der Waals surface area contributed by atoms with E-state index in [-0.39, 0.29) is 5.71 Å². The van der Waals surface area contributed by atoms with Crippen LogP contribution in [0.15, 0.2) is 5.10 Å². The van der Waals surface area contributed by atoms with Gasteiger partial charge in [0.1, 0.15) is 5.71 Å². The minimum absolute atomic E-state index is 0.242. The Hall–Kier alpha value is -1.92. The number of aldehydes is 1. The smallest absolute Gasteiger partial charge is 0.216 e. The Bertz CT molecular complexity index is 298. The van der Waals surface area contributed by atoms with Crippen molar-refractivity contribution < 1.29 is 4.79 Å². The van der Waals surface area contributed by atoms with E-state index in [0.717, 1.165) is 30.7 Å². The van der Waals surface area contributed by atoms with Crippen LogP contribution in [-0.2, 0) is 4.79 Å². The van der Waals surface area contributed by atoms with Gasteiger partial charge in [0, 0.05) is 0 Å². The second kappa shape index (κ2) is 8.26. The van der Waals surface area contributed by atoms with Crippen LogP contribution in [0.2, 0.25) is 0 Å². The summed E-state index contributed by atoms with van der Waals surface area (Å²) in [5.74, 6) is -0.962. The highest BCUT2D eigenvalue weighted by molar-refractivity contribution is 6.28. The van der Waals surface area contributed by atoms with Gasteiger partial charge in [-0.2, -0.15) is 10.1 Å². The SMILES string of the molecule is CCCCCC/C(C=O)=N/N(C(=N)N)C(=N)N. The zero-order valence-electron chi connectivity index (χ0n) is 10.1. The van der Waals surface area contributed by atoms with Crippen molar-refractivity contribution in [2.24, 2.45) is 16.6 Å². The standard InChI is InChI=1S/C10H20N6O/c1-2-3-4-5-6-8(7-17)15-16(9(11)12)10(13)14/h7H,2-6H2,1H3,(H3,11,12)(H3,13,14)/b15-8-. The monoisotopic (exact) mass is 240 g/mol. The second-order valence-corrected chi connectivity index (χ2v) is 3.60. The molecule has 0 aromatic carbocycles. The Kier molecular flexibility index (Phi) is 7.32. The molecule has 0 bridgehead atoms. The summed E-state index contributed by atoms with van der Waals surface area (Å²) >= 11 is 0. The van der Waals surface area contributed by atoms with E-state index >= 15 is 0 Å². The van der Waals surface area contributed by atoms with Crippen LogP contribution < -0.4 is 11.5 Å². The Morgan fingerprint density at radius 2 is 1.82 bits per heavy atom. The van der Waals surface area contributed by atoms with Gasteiger partial charge in [0.25, 0.3) is 0 Å². The lowest BCUT2D eigenvalue weighted by Gasteiger charge is -2.14. The first-order chi connectivity index (χ1) is 8.02. The van der Waals surface area contributed by atoms with Crippen molar-refractivity contribution in [2.45, 2.75) is 39.0 Å². The number of carbonyl (C=O) groups excluding carboxylic acids is 1. The molecule has 0 heterocycles. The van der Waals surface area contributed by atoms with E-state index in [1.165, 1.54) is 0 Å². The number of hydrazone groups is 1. The Morgan fingerprint density at radius 1 is 1.24 bits per heavy atom. The predicted molar refractivity (Wildman–Crippen MR) is 67.9 cm³/mol. The highest BCUT2D eigenvalue weighted by Crippen LogP contribution is 2.03. The minimum Gasteiger partial charge on any atom is -0.368 e. The molecule has 0 amide bonds. The lowest BCUT2D eigenvalue weighted by molar-refractivity contribution is -0.102. The first-order valence-corrected chi connectivity index (χ1v) is 5.53. The number of guanidine groups is 2. The molecule has 0 aliphatic heterocycles. The van der Waals surface area contributed by atoms with Gasteiger partial charge in [0.2, 0.25) is 11.9 Å². The largest absolute Gasteiger partial charge is 0.368 e. The summed E-state index contributed by atoms with van der Waals surface area (Å²) in [6, 6.07) is 0. The van der Waals surface area contributed by atoms with Crippen LogP contribution in [0.25, 0.3) is 0 Å². The maximum absolute atomic E-state index is 10.8. The van der Waals surface area contributed by atoms with Crippen LogP contribution in [0.1, 0.15) is 39.0 Å². The van der Waals surface area contributed by atoms with Gasteiger partial charge in [-0.05, 0) is 12.8 Å². The molecule has 0 aliphatic rings. The number of nitrogens with one attached hydrogen (secondary N) is 2. The zero-order valence-corrected chi connectivity index (χ0v) is 10.1. The van der Waals surface area contributed by atoms with E-state index in [2.05, 4.69) is 12.0 Å². The van der Waals surface area contributed by atoms with Crippen molar-refractivity contribution in [1.82, 2.24) is 5.01 Å². The molecule has 0 aromatic rings. The van der Waals surface area contributed by atoms with Gasteiger partial charge < -0.3 is 11.5 Å². The van der Waals surface area contributed by atoms with Gasteiger partial charge in [-0.25, -0.2) is 0 Å². The summed E-state index contributed by atoms with van der Waals surface area (Å²) in [5.41, 5.74) is 10.6. The summed E-state index contributed by atoms with van der Waals surface area (Å²) < 4.78 is 0. The number of nitrogens with zero attached hydrogens (tertiary/aromatic N) is 2. The van der Waals surface area contributed by atoms with Crippen LogP contribution >= 0.6 is 0 Å². The van der Waals surface area contributed by atoms with Crippen molar-refractivity contribution in [2.75, 3.05) is 0 Å². The number of hydrogen-bond donors (Lipinski definition) is 4. The van der Waals surface area contributed by atoms with Gasteiger partial charge in [-0.3, -0.25) is 15.6 Å². The summed E-state index contributed by atoms with van der Waals surface area (Å²) in [7, 11) is 0. The molecule has 0 atom stereocenters. The van der Waals surface area contributed by atoms with Gasteiger partial charge in [-0.15, -0.1) is 0 Å². The summed E-state index contributed by atoms with van der Waals surface area (Å²) in [6.45, 7) is 2.10. The lowest BCUT2D eigenvalue weighted by atomic mass is 10.1. The average molecular weight is 240 g/mol. The van der Waals surface area contributed by atoms with Crippen LogP contribution in [0, 0.1) is 10.8 Å². The summed E-state index contributed by atoms with van der Waals surface area (Å²) in [4.78, 5) is 10.8. The highest BCUT2D eigenvalue weighted by atomic mass is 16.1. The van der Waals surface area contributed by atoms with Crippen molar-refractivity contribution >= 4 is 23.9 Å². The number of carbonyl (C=O) groups is 1. The molecule has 0 fully saturated rings. The fourth-order valence-electron chi connectivity index (χ4n) is 1.23. The predicted octanol–water partition coefficient (Wildman–Crippen LogP) is 0.601. The van der Waals surface area contributed by atoms with Crippen molar-refractivity contribution in [3.05, 3.63) is 0 Å². The van der Waals surface area contributed by atoms with Crippen molar-refractivity contribution in [3.8, 4) is 0 Å². The van der Waals surface area contributed by atoms with Crippen LogP contribution in [0.5, 0.6) is 0 Å². The quantitative estimate of drug-likeness (QED) is 0.170. The Morgan fingerprint density at radius 3 is 2.24 bits per heavy atom. The maximum atomic E-state index is 10.8. The minimum atomic E-state index is -0.481. The molecule has 96 valence electrons. The van der Waals surface area contributed by atoms with Gasteiger partial charge in [-0.1, -0.05) is 26.2 Å². The van der Waals surface area contributed by atoms with E-state index < -0.39 is 11.9 Å². The van der Waals surface area contributed by atoms with Gasteiger partial charge in [0.15, 0.2) is 6.29 Å². The Balaban J connectivity index is 4.45. The van der Waals surface area contributed by atoms with Crippen molar-refractivity contribution in [3.63, 3.8) is 0 Å². The Labute approximate surface area is 101 Å².